The van der Waals surface area contributed by atoms with Gasteiger partial charge in [0.25, 0.3) is 5.91 Å². The Morgan fingerprint density at radius 1 is 1.10 bits per heavy atom. The number of hydrogen-bond acceptors (Lipinski definition) is 1. The summed E-state index contributed by atoms with van der Waals surface area (Å²) in [5, 5.41) is 2.76. The lowest BCUT2D eigenvalue weighted by Crippen LogP contribution is -2.13. The van der Waals surface area contributed by atoms with Crippen LogP contribution in [0.2, 0.25) is 0 Å². The molecule has 0 bridgehead atoms. The van der Waals surface area contributed by atoms with Gasteiger partial charge in [-0.25, -0.2) is 8.78 Å². The third-order valence-electron chi connectivity index (χ3n) is 3.03. The predicted molar refractivity (Wildman–Crippen MR) is 80.3 cm³/mol. The average Bonchev–Trinajstić information content (AvgIpc) is 2.87. The molecule has 0 aliphatic carbocycles. The second-order valence-corrected chi connectivity index (χ2v) is 5.38. The first-order valence-electron chi connectivity index (χ1n) is 6.08. The second kappa shape index (κ2) is 5.29. The Hall–Kier alpha value is -2.21. The van der Waals surface area contributed by atoms with Gasteiger partial charge >= 0.3 is 0 Å². The van der Waals surface area contributed by atoms with Crippen LogP contribution in [0.4, 0.5) is 14.5 Å². The van der Waals surface area contributed by atoms with E-state index in [1.54, 1.807) is 18.2 Å². The lowest BCUT2D eigenvalue weighted by Gasteiger charge is -2.05. The van der Waals surface area contributed by atoms with Crippen LogP contribution >= 0.6 is 15.9 Å². The number of carbonyl (C=O) groups is 1. The minimum Gasteiger partial charge on any atom is -0.350 e. The molecule has 0 aliphatic rings. The molecule has 1 aromatic heterocycles. The molecule has 1 heterocycles. The van der Waals surface area contributed by atoms with E-state index >= 15 is 0 Å². The van der Waals surface area contributed by atoms with E-state index in [1.165, 1.54) is 24.3 Å². The molecule has 2 N–H and O–H groups in total. The number of halogens is 3. The Kier molecular flexibility index (Phi) is 3.47. The quantitative estimate of drug-likeness (QED) is 0.704. The molecule has 2 aromatic carbocycles. The van der Waals surface area contributed by atoms with Gasteiger partial charge in [-0.1, -0.05) is 22.0 Å². The van der Waals surface area contributed by atoms with Gasteiger partial charge in [0.05, 0.1) is 5.69 Å². The molecule has 0 saturated carbocycles. The summed E-state index contributed by atoms with van der Waals surface area (Å²) < 4.78 is 27.8. The van der Waals surface area contributed by atoms with E-state index in [2.05, 4.69) is 26.2 Å². The molecule has 3 rings (SSSR count). The first-order valence-corrected chi connectivity index (χ1v) is 6.87. The number of H-pyrrole nitrogens is 1. The number of fused-ring (bicyclic) bond motifs is 1. The molecule has 21 heavy (non-hydrogen) atoms. The minimum atomic E-state index is -0.556. The molecule has 0 atom stereocenters. The van der Waals surface area contributed by atoms with Gasteiger partial charge in [-0.05, 0) is 36.4 Å². The van der Waals surface area contributed by atoms with Crippen LogP contribution in [0, 0.1) is 11.6 Å². The summed E-state index contributed by atoms with van der Waals surface area (Å²) in [6.45, 7) is 0. The molecule has 0 unspecified atom stereocenters. The number of benzene rings is 2. The smallest absolute Gasteiger partial charge is 0.272 e. The number of hydrogen-bond donors (Lipinski definition) is 2. The molecule has 3 nitrogen and oxygen atoms in total. The van der Waals surface area contributed by atoms with E-state index in [-0.39, 0.29) is 11.4 Å². The highest BCUT2D eigenvalue weighted by molar-refractivity contribution is 9.10. The monoisotopic (exact) mass is 350 g/mol. The summed E-state index contributed by atoms with van der Waals surface area (Å²) in [7, 11) is 0. The molecule has 0 aliphatic heterocycles. The predicted octanol–water partition coefficient (Wildman–Crippen LogP) is 4.46. The Morgan fingerprint density at radius 3 is 2.62 bits per heavy atom. The largest absolute Gasteiger partial charge is 0.350 e. The van der Waals surface area contributed by atoms with Gasteiger partial charge in [-0.2, -0.15) is 0 Å². The maximum absolute atomic E-state index is 13.7. The van der Waals surface area contributed by atoms with Gasteiger partial charge in [-0.15, -0.1) is 0 Å². The third kappa shape index (κ3) is 2.67. The molecule has 3 aromatic rings. The topological polar surface area (TPSA) is 44.9 Å². The number of carbonyl (C=O) groups excluding carboxylic acids is 1. The molecule has 1 amide bonds. The lowest BCUT2D eigenvalue weighted by molar-refractivity contribution is 0.102. The van der Waals surface area contributed by atoms with Crippen LogP contribution < -0.4 is 5.32 Å². The fourth-order valence-electron chi connectivity index (χ4n) is 2.02. The van der Waals surface area contributed by atoms with Crippen molar-refractivity contribution in [1.82, 2.24) is 4.98 Å². The molecule has 0 saturated heterocycles. The van der Waals surface area contributed by atoms with Crippen LogP contribution in [0.15, 0.2) is 46.9 Å². The number of aromatic nitrogens is 1. The van der Waals surface area contributed by atoms with E-state index in [0.29, 0.717) is 15.4 Å². The summed E-state index contributed by atoms with van der Waals surface area (Å²) in [5.74, 6) is -1.51. The van der Waals surface area contributed by atoms with Gasteiger partial charge in [0.2, 0.25) is 0 Å². The normalized spacial score (nSPS) is 10.8. The zero-order chi connectivity index (χ0) is 15.0. The molecule has 0 spiro atoms. The van der Waals surface area contributed by atoms with Crippen LogP contribution in [0.25, 0.3) is 10.9 Å². The van der Waals surface area contributed by atoms with Crippen molar-refractivity contribution in [2.75, 3.05) is 5.32 Å². The van der Waals surface area contributed by atoms with Crippen LogP contribution in [0.3, 0.4) is 0 Å². The highest BCUT2D eigenvalue weighted by atomic mass is 79.9. The van der Waals surface area contributed by atoms with Crippen molar-refractivity contribution in [1.29, 1.82) is 0 Å². The summed E-state index contributed by atoms with van der Waals surface area (Å²) in [6.07, 6.45) is 0. The maximum atomic E-state index is 13.7. The zero-order valence-electron chi connectivity index (χ0n) is 10.6. The standard InChI is InChI=1S/C15H9BrF2N2O/c16-8-4-5-13(11(18)6-8)20-15(21)14-7-9-10(17)2-1-3-12(9)19-14/h1-7,19H,(H,20,21). The van der Waals surface area contributed by atoms with Gasteiger partial charge < -0.3 is 10.3 Å². The Balaban J connectivity index is 1.92. The van der Waals surface area contributed by atoms with Crippen molar-refractivity contribution in [3.63, 3.8) is 0 Å². The lowest BCUT2D eigenvalue weighted by atomic mass is 10.2. The van der Waals surface area contributed by atoms with Crippen molar-refractivity contribution >= 4 is 38.4 Å². The van der Waals surface area contributed by atoms with Crippen molar-refractivity contribution in [3.8, 4) is 0 Å². The fourth-order valence-corrected chi connectivity index (χ4v) is 2.35. The molecular formula is C15H9BrF2N2O. The van der Waals surface area contributed by atoms with Crippen molar-refractivity contribution in [3.05, 3.63) is 64.3 Å². The maximum Gasteiger partial charge on any atom is 0.272 e. The molecule has 6 heteroatoms. The fraction of sp³-hybridized carbons (Fsp3) is 0. The number of rotatable bonds is 2. The van der Waals surface area contributed by atoms with Crippen molar-refractivity contribution in [2.45, 2.75) is 0 Å². The molecule has 106 valence electrons. The number of aromatic amines is 1. The Bertz CT molecular complexity index is 845. The highest BCUT2D eigenvalue weighted by Gasteiger charge is 2.13. The summed E-state index contributed by atoms with van der Waals surface area (Å²) in [6, 6.07) is 10.2. The van der Waals surface area contributed by atoms with Gasteiger partial charge in [0, 0.05) is 15.4 Å². The molecular weight excluding hydrogens is 342 g/mol. The van der Waals surface area contributed by atoms with Crippen molar-refractivity contribution < 1.29 is 13.6 Å². The van der Waals surface area contributed by atoms with Gasteiger partial charge in [0.1, 0.15) is 17.3 Å². The van der Waals surface area contributed by atoms with E-state index in [1.807, 2.05) is 0 Å². The van der Waals surface area contributed by atoms with E-state index in [9.17, 15) is 13.6 Å². The van der Waals surface area contributed by atoms with Gasteiger partial charge in [0.15, 0.2) is 0 Å². The summed E-state index contributed by atoms with van der Waals surface area (Å²) in [4.78, 5) is 14.9. The van der Waals surface area contributed by atoms with Crippen molar-refractivity contribution in [2.24, 2.45) is 0 Å². The van der Waals surface area contributed by atoms with Gasteiger partial charge in [-0.3, -0.25) is 4.79 Å². The summed E-state index contributed by atoms with van der Waals surface area (Å²) >= 11 is 3.14. The average molecular weight is 351 g/mol. The number of amides is 1. The number of anilines is 1. The van der Waals surface area contributed by atoms with E-state index in [0.717, 1.165) is 0 Å². The first kappa shape index (κ1) is 13.8. The first-order chi connectivity index (χ1) is 10.0. The molecule has 0 fully saturated rings. The molecule has 0 radical (unpaired) electrons. The SMILES string of the molecule is O=C(Nc1ccc(Br)cc1F)c1cc2c(F)cccc2[nH]1. The van der Waals surface area contributed by atoms with Crippen LogP contribution in [-0.2, 0) is 0 Å². The minimum absolute atomic E-state index is 0.0577. The number of nitrogens with one attached hydrogen (secondary N) is 2. The van der Waals surface area contributed by atoms with E-state index < -0.39 is 17.5 Å². The second-order valence-electron chi connectivity index (χ2n) is 4.46. The van der Waals surface area contributed by atoms with E-state index in [4.69, 9.17) is 0 Å². The zero-order valence-corrected chi connectivity index (χ0v) is 12.2. The van der Waals surface area contributed by atoms with Crippen LogP contribution in [0.5, 0.6) is 0 Å². The highest BCUT2D eigenvalue weighted by Crippen LogP contribution is 2.22. The third-order valence-corrected chi connectivity index (χ3v) is 3.53. The van der Waals surface area contributed by atoms with Crippen LogP contribution in [-0.4, -0.2) is 10.9 Å². The Morgan fingerprint density at radius 2 is 1.90 bits per heavy atom. The Labute approximate surface area is 127 Å². The van der Waals surface area contributed by atoms with Crippen LogP contribution in [0.1, 0.15) is 10.5 Å². The summed E-state index contributed by atoms with van der Waals surface area (Å²) in [5.41, 5.74) is 0.733.